The molecule has 169 valence electrons. The Labute approximate surface area is 188 Å². The van der Waals surface area contributed by atoms with E-state index >= 15 is 0 Å². The lowest BCUT2D eigenvalue weighted by Crippen LogP contribution is -2.27. The van der Waals surface area contributed by atoms with Crippen molar-refractivity contribution in [2.45, 2.75) is 111 Å². The van der Waals surface area contributed by atoms with Crippen LogP contribution in [0, 0.1) is 17.3 Å². The molecule has 0 aromatic heterocycles. The van der Waals surface area contributed by atoms with Crippen molar-refractivity contribution in [3.63, 3.8) is 0 Å². The Morgan fingerprint density at radius 1 is 0.900 bits per heavy atom. The molecule has 0 spiro atoms. The number of benzene rings is 1. The van der Waals surface area contributed by atoms with Crippen molar-refractivity contribution in [3.05, 3.63) is 35.4 Å². The summed E-state index contributed by atoms with van der Waals surface area (Å²) in [4.78, 5) is 0. The predicted molar refractivity (Wildman–Crippen MR) is 132 cm³/mol. The highest BCUT2D eigenvalue weighted by Gasteiger charge is 2.29. The van der Waals surface area contributed by atoms with Gasteiger partial charge in [0.05, 0.1) is 12.7 Å². The Morgan fingerprint density at radius 3 is 2.17 bits per heavy atom. The summed E-state index contributed by atoms with van der Waals surface area (Å²) in [6.07, 6.45) is 11.9. The highest BCUT2D eigenvalue weighted by molar-refractivity contribution is 6.48. The van der Waals surface area contributed by atoms with Gasteiger partial charge < -0.3 is 9.16 Å². The fourth-order valence-corrected chi connectivity index (χ4v) is 4.51. The van der Waals surface area contributed by atoms with E-state index in [0.717, 1.165) is 6.42 Å². The van der Waals surface area contributed by atoms with E-state index in [0.29, 0.717) is 13.2 Å². The van der Waals surface area contributed by atoms with Crippen molar-refractivity contribution in [1.29, 1.82) is 0 Å². The van der Waals surface area contributed by atoms with Gasteiger partial charge in [-0.3, -0.25) is 0 Å². The largest absolute Gasteiger partial charge is 0.410 e. The van der Waals surface area contributed by atoms with Crippen molar-refractivity contribution < 1.29 is 9.16 Å². The molecule has 0 bridgehead atoms. The lowest BCUT2D eigenvalue weighted by Gasteiger charge is -2.34. The molecule has 1 atom stereocenters. The molecule has 1 aromatic carbocycles. The predicted octanol–water partition coefficient (Wildman–Crippen LogP) is 8.09. The van der Waals surface area contributed by atoms with E-state index in [9.17, 15) is 0 Å². The first-order valence-electron chi connectivity index (χ1n) is 11.9. The number of hydrogen-bond donors (Lipinski definition) is 0. The molecule has 1 aromatic rings. The average Bonchev–Trinajstić information content (AvgIpc) is 2.69. The van der Waals surface area contributed by atoms with E-state index in [1.54, 1.807) is 0 Å². The first-order chi connectivity index (χ1) is 14.4. The van der Waals surface area contributed by atoms with E-state index in [4.69, 9.17) is 9.16 Å². The Balaban J connectivity index is 2.37. The van der Waals surface area contributed by atoms with Crippen LogP contribution in [0.15, 0.2) is 24.3 Å². The maximum absolute atomic E-state index is 6.38. The summed E-state index contributed by atoms with van der Waals surface area (Å²) < 4.78 is 12.3. The molecule has 0 saturated carbocycles. The van der Waals surface area contributed by atoms with Crippen molar-refractivity contribution in [3.8, 4) is 11.8 Å². The third-order valence-corrected chi connectivity index (χ3v) is 5.90. The Bertz CT molecular complexity index is 622. The fraction of sp³-hybridized carbons (Fsp3) is 0.704. The van der Waals surface area contributed by atoms with Gasteiger partial charge in [0.15, 0.2) is 0 Å². The molecule has 2 nitrogen and oxygen atoms in total. The van der Waals surface area contributed by atoms with Crippen LogP contribution < -0.4 is 0 Å². The number of unbranched alkanes of at least 4 members (excludes halogenated alkanes) is 8. The molecule has 0 saturated heterocycles. The molecule has 1 rings (SSSR count). The number of rotatable bonds is 14. The number of ether oxygens (including phenoxy) is 1. The summed E-state index contributed by atoms with van der Waals surface area (Å²) in [5.74, 6) is 6.46. The topological polar surface area (TPSA) is 18.5 Å². The molecule has 30 heavy (non-hydrogen) atoms. The summed E-state index contributed by atoms with van der Waals surface area (Å²) in [7, 11) is -0.790. The van der Waals surface area contributed by atoms with Gasteiger partial charge in [-0.05, 0) is 36.1 Å². The average molecular weight is 430 g/mol. The second-order valence-electron chi connectivity index (χ2n) is 9.54. The van der Waals surface area contributed by atoms with Gasteiger partial charge in [0.1, 0.15) is 6.61 Å². The minimum absolute atomic E-state index is 0.0495. The minimum atomic E-state index is -0.790. The molecule has 0 aliphatic carbocycles. The van der Waals surface area contributed by atoms with Gasteiger partial charge in [0, 0.05) is 6.42 Å². The molecule has 1 unspecified atom stereocenters. The third kappa shape index (κ3) is 11.9. The van der Waals surface area contributed by atoms with Crippen LogP contribution in [-0.2, 0) is 15.8 Å². The zero-order valence-electron chi connectivity index (χ0n) is 20.5. The van der Waals surface area contributed by atoms with Crippen LogP contribution in [0.25, 0.3) is 0 Å². The van der Waals surface area contributed by atoms with Gasteiger partial charge >= 0.3 is 0 Å². The molecule has 0 heterocycles. The molecule has 3 heteroatoms. The minimum Gasteiger partial charge on any atom is -0.410 e. The SMILES string of the molecule is CCCCCCCCCCC#CCOCc1ccccc1C(O[Si](C)C)C(C)(C)C. The molecule has 0 fully saturated rings. The summed E-state index contributed by atoms with van der Waals surface area (Å²) in [5, 5.41) is 0. The second kappa shape index (κ2) is 15.7. The zero-order chi connectivity index (χ0) is 22.2. The smallest absolute Gasteiger partial charge is 0.205 e. The van der Waals surface area contributed by atoms with Crippen LogP contribution in [0.3, 0.4) is 0 Å². The van der Waals surface area contributed by atoms with E-state index in [1.165, 1.54) is 62.5 Å². The molecule has 0 aliphatic rings. The van der Waals surface area contributed by atoms with Crippen LogP contribution in [-0.4, -0.2) is 15.6 Å². The molecule has 0 amide bonds. The zero-order valence-corrected chi connectivity index (χ0v) is 21.5. The summed E-state index contributed by atoms with van der Waals surface area (Å²) >= 11 is 0. The summed E-state index contributed by atoms with van der Waals surface area (Å²) in [6, 6.07) is 8.53. The Morgan fingerprint density at radius 2 is 1.53 bits per heavy atom. The maximum atomic E-state index is 6.38. The van der Waals surface area contributed by atoms with Gasteiger partial charge in [-0.25, -0.2) is 0 Å². The van der Waals surface area contributed by atoms with E-state index < -0.39 is 9.04 Å². The van der Waals surface area contributed by atoms with Crippen LogP contribution in [0.5, 0.6) is 0 Å². The van der Waals surface area contributed by atoms with Gasteiger partial charge in [0.2, 0.25) is 9.04 Å². The fourth-order valence-electron chi connectivity index (χ4n) is 3.56. The third-order valence-electron chi connectivity index (χ3n) is 5.19. The van der Waals surface area contributed by atoms with Gasteiger partial charge in [-0.15, -0.1) is 5.92 Å². The quantitative estimate of drug-likeness (QED) is 0.169. The van der Waals surface area contributed by atoms with E-state index in [-0.39, 0.29) is 11.5 Å². The summed E-state index contributed by atoms with van der Waals surface area (Å²) in [6.45, 7) is 14.5. The van der Waals surface area contributed by atoms with Gasteiger partial charge in [-0.2, -0.15) is 0 Å². The highest BCUT2D eigenvalue weighted by atomic mass is 28.3. The summed E-state index contributed by atoms with van der Waals surface area (Å²) in [5.41, 5.74) is 2.52. The number of hydrogen-bond acceptors (Lipinski definition) is 2. The molecule has 0 aliphatic heterocycles. The first-order valence-corrected chi connectivity index (χ1v) is 14.3. The molecular weight excluding hydrogens is 384 g/mol. The van der Waals surface area contributed by atoms with Crippen LogP contribution in [0.1, 0.15) is 103 Å². The van der Waals surface area contributed by atoms with E-state index in [1.807, 2.05) is 0 Å². The van der Waals surface area contributed by atoms with Crippen LogP contribution in [0.4, 0.5) is 0 Å². The van der Waals surface area contributed by atoms with Gasteiger partial charge in [0.25, 0.3) is 0 Å². The van der Waals surface area contributed by atoms with Crippen LogP contribution in [0.2, 0.25) is 13.1 Å². The molecule has 0 N–H and O–H groups in total. The Kier molecular flexibility index (Phi) is 14.1. The lowest BCUT2D eigenvalue weighted by atomic mass is 9.83. The van der Waals surface area contributed by atoms with E-state index in [2.05, 4.69) is 76.9 Å². The maximum Gasteiger partial charge on any atom is 0.205 e. The van der Waals surface area contributed by atoms with Crippen LogP contribution >= 0.6 is 0 Å². The first kappa shape index (κ1) is 27.0. The van der Waals surface area contributed by atoms with Crippen molar-refractivity contribution >= 4 is 9.04 Å². The molecular formula is C27H45O2Si. The second-order valence-corrected chi connectivity index (χ2v) is 11.6. The van der Waals surface area contributed by atoms with Crippen molar-refractivity contribution in [2.75, 3.05) is 6.61 Å². The molecule has 1 radical (unpaired) electrons. The Hall–Kier alpha value is -1.08. The van der Waals surface area contributed by atoms with Crippen molar-refractivity contribution in [2.24, 2.45) is 5.41 Å². The monoisotopic (exact) mass is 429 g/mol. The highest BCUT2D eigenvalue weighted by Crippen LogP contribution is 2.38. The normalized spacial score (nSPS) is 12.6. The lowest BCUT2D eigenvalue weighted by molar-refractivity contribution is 0.0820. The standard InChI is InChI=1S/C27H45O2Si/c1-7-8-9-10-11-12-13-14-15-16-19-22-28-23-24-20-17-18-21-25(24)26(27(2,3)4)29-30(5)6/h17-18,20-21,26H,7-15,22-23H2,1-6H3. The van der Waals surface area contributed by atoms with Crippen molar-refractivity contribution in [1.82, 2.24) is 0 Å². The van der Waals surface area contributed by atoms with Gasteiger partial charge in [-0.1, -0.05) is 103 Å².